The number of aryl methyl sites for hydroxylation is 2. The van der Waals surface area contributed by atoms with Crippen LogP contribution in [0.2, 0.25) is 5.02 Å². The summed E-state index contributed by atoms with van der Waals surface area (Å²) in [6.45, 7) is 4.25. The van der Waals surface area contributed by atoms with Crippen LogP contribution in [0, 0.1) is 13.8 Å². The number of benzene rings is 2. The van der Waals surface area contributed by atoms with Gasteiger partial charge in [0.25, 0.3) is 0 Å². The molecule has 0 saturated heterocycles. The van der Waals surface area contributed by atoms with Gasteiger partial charge in [0.1, 0.15) is 0 Å². The van der Waals surface area contributed by atoms with E-state index in [9.17, 15) is 0 Å². The molecule has 0 unspecified atom stereocenters. The third kappa shape index (κ3) is 3.01. The first kappa shape index (κ1) is 13.3. The number of hydrogen-bond donors (Lipinski definition) is 1. The van der Waals surface area contributed by atoms with Crippen LogP contribution < -0.4 is 5.73 Å². The summed E-state index contributed by atoms with van der Waals surface area (Å²) >= 11 is 7.92. The maximum absolute atomic E-state index is 6.16. The van der Waals surface area contributed by atoms with Gasteiger partial charge < -0.3 is 5.73 Å². The molecule has 1 nitrogen and oxygen atoms in total. The molecule has 0 atom stereocenters. The standard InChI is InChI=1S/C15H16ClNS/c1-10-6-7-12(8-11(10)2)18-9-13-14(16)4-3-5-15(13)17/h3-8H,9,17H2,1-2H3. The van der Waals surface area contributed by atoms with E-state index in [1.807, 2.05) is 18.2 Å². The molecular weight excluding hydrogens is 262 g/mol. The summed E-state index contributed by atoms with van der Waals surface area (Å²) in [6, 6.07) is 12.1. The molecule has 0 aliphatic heterocycles. The smallest absolute Gasteiger partial charge is 0.0467 e. The fourth-order valence-electron chi connectivity index (χ4n) is 1.69. The second-order valence-corrected chi connectivity index (χ2v) is 5.80. The highest BCUT2D eigenvalue weighted by Gasteiger charge is 2.05. The van der Waals surface area contributed by atoms with Crippen molar-refractivity contribution >= 4 is 29.1 Å². The van der Waals surface area contributed by atoms with Crippen LogP contribution in [0.15, 0.2) is 41.3 Å². The van der Waals surface area contributed by atoms with Gasteiger partial charge in [0.05, 0.1) is 0 Å². The number of thioether (sulfide) groups is 1. The first-order valence-electron chi connectivity index (χ1n) is 5.81. The Labute approximate surface area is 117 Å². The molecule has 0 aromatic heterocycles. The minimum atomic E-state index is 0.742. The summed E-state index contributed by atoms with van der Waals surface area (Å²) in [5.74, 6) is 0.800. The Morgan fingerprint density at radius 3 is 2.56 bits per heavy atom. The van der Waals surface area contributed by atoms with Crippen LogP contribution in [0.25, 0.3) is 0 Å². The maximum Gasteiger partial charge on any atom is 0.0467 e. The minimum Gasteiger partial charge on any atom is -0.398 e. The Bertz CT molecular complexity index is 546. The van der Waals surface area contributed by atoms with E-state index in [4.69, 9.17) is 17.3 Å². The van der Waals surface area contributed by atoms with Crippen molar-refractivity contribution in [1.82, 2.24) is 0 Å². The van der Waals surface area contributed by atoms with Crippen molar-refractivity contribution in [2.45, 2.75) is 24.5 Å². The van der Waals surface area contributed by atoms with E-state index in [1.165, 1.54) is 16.0 Å². The number of nitrogen functional groups attached to an aromatic ring is 1. The third-order valence-corrected chi connectivity index (χ3v) is 4.39. The molecule has 0 saturated carbocycles. The molecule has 0 amide bonds. The first-order valence-corrected chi connectivity index (χ1v) is 7.17. The summed E-state index contributed by atoms with van der Waals surface area (Å²) in [5.41, 5.74) is 10.3. The van der Waals surface area contributed by atoms with Crippen molar-refractivity contribution in [2.24, 2.45) is 0 Å². The van der Waals surface area contributed by atoms with Gasteiger partial charge in [-0.1, -0.05) is 23.7 Å². The normalized spacial score (nSPS) is 10.6. The van der Waals surface area contributed by atoms with E-state index in [0.29, 0.717) is 0 Å². The zero-order valence-electron chi connectivity index (χ0n) is 10.5. The summed E-state index contributed by atoms with van der Waals surface area (Å²) in [6.07, 6.45) is 0. The molecule has 2 rings (SSSR count). The van der Waals surface area contributed by atoms with E-state index < -0.39 is 0 Å². The van der Waals surface area contributed by atoms with Gasteiger partial charge in [-0.2, -0.15) is 0 Å². The topological polar surface area (TPSA) is 26.0 Å². The molecule has 0 heterocycles. The van der Waals surface area contributed by atoms with Gasteiger partial charge in [0.2, 0.25) is 0 Å². The average Bonchev–Trinajstić information content (AvgIpc) is 2.33. The predicted molar refractivity (Wildman–Crippen MR) is 81.3 cm³/mol. The highest BCUT2D eigenvalue weighted by Crippen LogP contribution is 2.30. The SMILES string of the molecule is Cc1ccc(SCc2c(N)cccc2Cl)cc1C. The Balaban J connectivity index is 2.14. The largest absolute Gasteiger partial charge is 0.398 e. The molecule has 3 heteroatoms. The molecule has 0 spiro atoms. The highest BCUT2D eigenvalue weighted by molar-refractivity contribution is 7.98. The maximum atomic E-state index is 6.16. The molecule has 0 aliphatic rings. The lowest BCUT2D eigenvalue weighted by Crippen LogP contribution is -1.93. The molecule has 2 aromatic carbocycles. The van der Waals surface area contributed by atoms with Gasteiger partial charge in [-0.15, -0.1) is 11.8 Å². The quantitative estimate of drug-likeness (QED) is 0.642. The van der Waals surface area contributed by atoms with Crippen molar-refractivity contribution in [3.05, 3.63) is 58.1 Å². The zero-order chi connectivity index (χ0) is 13.1. The fraction of sp³-hybridized carbons (Fsp3) is 0.200. The van der Waals surface area contributed by atoms with Gasteiger partial charge in [0, 0.05) is 26.9 Å². The lowest BCUT2D eigenvalue weighted by molar-refractivity contribution is 1.27. The van der Waals surface area contributed by atoms with Crippen LogP contribution in [-0.4, -0.2) is 0 Å². The van der Waals surface area contributed by atoms with Gasteiger partial charge in [0.15, 0.2) is 0 Å². The van der Waals surface area contributed by atoms with E-state index in [2.05, 4.69) is 32.0 Å². The summed E-state index contributed by atoms with van der Waals surface area (Å²) in [4.78, 5) is 1.25. The number of hydrogen-bond acceptors (Lipinski definition) is 2. The van der Waals surface area contributed by atoms with Crippen LogP contribution >= 0.6 is 23.4 Å². The Hall–Kier alpha value is -1.12. The van der Waals surface area contributed by atoms with Crippen LogP contribution in [0.4, 0.5) is 5.69 Å². The van der Waals surface area contributed by atoms with E-state index >= 15 is 0 Å². The molecule has 0 radical (unpaired) electrons. The lowest BCUT2D eigenvalue weighted by atomic mass is 10.1. The second kappa shape index (κ2) is 5.68. The molecule has 0 aliphatic carbocycles. The van der Waals surface area contributed by atoms with Crippen LogP contribution in [-0.2, 0) is 5.75 Å². The van der Waals surface area contributed by atoms with Crippen LogP contribution in [0.3, 0.4) is 0 Å². The lowest BCUT2D eigenvalue weighted by Gasteiger charge is -2.09. The molecule has 2 aromatic rings. The molecule has 2 N–H and O–H groups in total. The first-order chi connectivity index (χ1) is 8.58. The number of halogens is 1. The minimum absolute atomic E-state index is 0.742. The molecule has 0 bridgehead atoms. The van der Waals surface area contributed by atoms with Crippen molar-refractivity contribution in [1.29, 1.82) is 0 Å². The molecule has 18 heavy (non-hydrogen) atoms. The predicted octanol–water partition coefficient (Wildman–Crippen LogP) is 4.83. The summed E-state index contributed by atoms with van der Waals surface area (Å²) < 4.78 is 0. The van der Waals surface area contributed by atoms with Gasteiger partial charge in [-0.05, 0) is 49.2 Å². The molecule has 0 fully saturated rings. The summed E-state index contributed by atoms with van der Waals surface area (Å²) in [7, 11) is 0. The summed E-state index contributed by atoms with van der Waals surface area (Å²) in [5, 5.41) is 0.742. The van der Waals surface area contributed by atoms with Gasteiger partial charge in [-0.3, -0.25) is 0 Å². The number of anilines is 1. The van der Waals surface area contributed by atoms with Crippen molar-refractivity contribution in [3.63, 3.8) is 0 Å². The third-order valence-electron chi connectivity index (χ3n) is 3.02. The van der Waals surface area contributed by atoms with Crippen molar-refractivity contribution < 1.29 is 0 Å². The van der Waals surface area contributed by atoms with Crippen molar-refractivity contribution in [2.75, 3.05) is 5.73 Å². The van der Waals surface area contributed by atoms with E-state index in [-0.39, 0.29) is 0 Å². The second-order valence-electron chi connectivity index (χ2n) is 4.34. The monoisotopic (exact) mass is 277 g/mol. The average molecular weight is 278 g/mol. The van der Waals surface area contributed by atoms with Gasteiger partial charge in [-0.25, -0.2) is 0 Å². The van der Waals surface area contributed by atoms with E-state index in [1.54, 1.807) is 11.8 Å². The Morgan fingerprint density at radius 2 is 1.89 bits per heavy atom. The Kier molecular flexibility index (Phi) is 4.20. The van der Waals surface area contributed by atoms with Crippen LogP contribution in [0.1, 0.15) is 16.7 Å². The number of nitrogens with two attached hydrogens (primary N) is 1. The number of rotatable bonds is 3. The fourth-order valence-corrected chi connectivity index (χ4v) is 3.07. The van der Waals surface area contributed by atoms with Crippen molar-refractivity contribution in [3.8, 4) is 0 Å². The Morgan fingerprint density at radius 1 is 1.11 bits per heavy atom. The zero-order valence-corrected chi connectivity index (χ0v) is 12.1. The van der Waals surface area contributed by atoms with Gasteiger partial charge >= 0.3 is 0 Å². The molecular formula is C15H16ClNS. The van der Waals surface area contributed by atoms with E-state index in [0.717, 1.165) is 22.0 Å². The molecule has 94 valence electrons. The van der Waals surface area contributed by atoms with Crippen LogP contribution in [0.5, 0.6) is 0 Å². The highest BCUT2D eigenvalue weighted by atomic mass is 35.5.